The fraction of sp³-hybridized carbons (Fsp3) is 0.250. The van der Waals surface area contributed by atoms with Gasteiger partial charge in [0.05, 0.1) is 0 Å². The molecule has 0 aliphatic carbocycles. The molecule has 0 unspecified atom stereocenters. The Bertz CT molecular complexity index is 564. The first-order valence-electron chi connectivity index (χ1n) is 6.74. The molecule has 0 aliphatic heterocycles. The number of hydrogen-bond acceptors (Lipinski definition) is 2. The summed E-state index contributed by atoms with van der Waals surface area (Å²) in [6, 6.07) is 9.42. The Hall–Kier alpha value is -2.01. The molecule has 0 heterocycles. The van der Waals surface area contributed by atoms with E-state index in [2.05, 4.69) is 0 Å². The molecule has 0 aromatic heterocycles. The lowest BCUT2D eigenvalue weighted by Crippen LogP contribution is -2.25. The first-order valence-corrected chi connectivity index (χ1v) is 6.74. The smallest absolute Gasteiger partial charge is 0.126 e. The summed E-state index contributed by atoms with van der Waals surface area (Å²) in [7, 11) is 0. The van der Waals surface area contributed by atoms with E-state index in [-0.39, 0.29) is 5.82 Å². The largest absolute Gasteiger partial charge is 0.367 e. The quantitative estimate of drug-likeness (QED) is 0.884. The van der Waals surface area contributed by atoms with Gasteiger partial charge in [-0.3, -0.25) is 0 Å². The van der Waals surface area contributed by atoms with Crippen LogP contribution in [0.15, 0.2) is 42.5 Å². The van der Waals surface area contributed by atoms with Gasteiger partial charge >= 0.3 is 0 Å². The molecule has 2 aromatic rings. The van der Waals surface area contributed by atoms with E-state index in [9.17, 15) is 13.2 Å². The first kappa shape index (κ1) is 15.4. The van der Waals surface area contributed by atoms with Gasteiger partial charge in [-0.15, -0.1) is 0 Å². The Morgan fingerprint density at radius 3 is 2.05 bits per heavy atom. The molecule has 112 valence electrons. The van der Waals surface area contributed by atoms with Gasteiger partial charge in [0.2, 0.25) is 0 Å². The van der Waals surface area contributed by atoms with E-state index in [1.54, 1.807) is 12.1 Å². The van der Waals surface area contributed by atoms with Crippen LogP contribution >= 0.6 is 0 Å². The van der Waals surface area contributed by atoms with Crippen molar-refractivity contribution in [2.24, 2.45) is 5.73 Å². The Morgan fingerprint density at radius 1 is 0.857 bits per heavy atom. The zero-order valence-corrected chi connectivity index (χ0v) is 11.5. The predicted octanol–water partition coefficient (Wildman–Crippen LogP) is 3.46. The Morgan fingerprint density at radius 2 is 1.48 bits per heavy atom. The second-order valence-electron chi connectivity index (χ2n) is 4.82. The maximum atomic E-state index is 13.3. The lowest BCUT2D eigenvalue weighted by atomic mass is 10.1. The molecule has 21 heavy (non-hydrogen) atoms. The number of anilines is 1. The zero-order valence-electron chi connectivity index (χ0n) is 11.5. The molecule has 0 bridgehead atoms. The van der Waals surface area contributed by atoms with Crippen molar-refractivity contribution >= 4 is 5.69 Å². The molecule has 2 N–H and O–H groups in total. The molecule has 0 fully saturated rings. The van der Waals surface area contributed by atoms with Crippen molar-refractivity contribution in [1.82, 2.24) is 0 Å². The van der Waals surface area contributed by atoms with Gasteiger partial charge in [0, 0.05) is 24.8 Å². The van der Waals surface area contributed by atoms with Crippen LogP contribution in [0.3, 0.4) is 0 Å². The molecule has 0 aliphatic rings. The minimum atomic E-state index is -0.608. The number of nitrogens with two attached hydrogens (primary N) is 1. The fourth-order valence-corrected chi connectivity index (χ4v) is 2.16. The van der Waals surface area contributed by atoms with E-state index in [0.717, 1.165) is 18.2 Å². The summed E-state index contributed by atoms with van der Waals surface area (Å²) < 4.78 is 39.5. The number of halogens is 3. The van der Waals surface area contributed by atoms with Crippen LogP contribution < -0.4 is 10.6 Å². The van der Waals surface area contributed by atoms with Crippen LogP contribution in [0.1, 0.15) is 12.0 Å². The van der Waals surface area contributed by atoms with E-state index in [1.165, 1.54) is 24.3 Å². The highest BCUT2D eigenvalue weighted by atomic mass is 19.1. The molecule has 0 spiro atoms. The summed E-state index contributed by atoms with van der Waals surface area (Å²) in [6.45, 7) is 1.47. The molecule has 0 amide bonds. The maximum absolute atomic E-state index is 13.3. The van der Waals surface area contributed by atoms with Gasteiger partial charge in [0.25, 0.3) is 0 Å². The highest BCUT2D eigenvalue weighted by Crippen LogP contribution is 2.19. The molecule has 2 aromatic carbocycles. The van der Waals surface area contributed by atoms with Gasteiger partial charge in [-0.1, -0.05) is 0 Å². The van der Waals surface area contributed by atoms with E-state index in [0.29, 0.717) is 25.2 Å². The molecule has 5 heteroatoms. The second-order valence-corrected chi connectivity index (χ2v) is 4.82. The van der Waals surface area contributed by atoms with E-state index in [4.69, 9.17) is 5.73 Å². The highest BCUT2D eigenvalue weighted by Gasteiger charge is 2.09. The molecular formula is C16H17F3N2. The SMILES string of the molecule is NCCCN(Cc1cc(F)cc(F)c1)c1ccc(F)cc1. The summed E-state index contributed by atoms with van der Waals surface area (Å²) in [4.78, 5) is 1.92. The highest BCUT2D eigenvalue weighted by molar-refractivity contribution is 5.47. The summed E-state index contributed by atoms with van der Waals surface area (Å²) in [6.07, 6.45) is 0.731. The van der Waals surface area contributed by atoms with Crippen LogP contribution in [0, 0.1) is 17.5 Å². The van der Waals surface area contributed by atoms with Crippen molar-refractivity contribution in [2.45, 2.75) is 13.0 Å². The molecule has 0 saturated carbocycles. The summed E-state index contributed by atoms with van der Waals surface area (Å²) in [5.41, 5.74) is 6.82. The lowest BCUT2D eigenvalue weighted by Gasteiger charge is -2.25. The molecule has 2 nitrogen and oxygen atoms in total. The minimum Gasteiger partial charge on any atom is -0.367 e. The van der Waals surface area contributed by atoms with Crippen LogP contribution in [-0.2, 0) is 6.54 Å². The molecule has 0 saturated heterocycles. The third kappa shape index (κ3) is 4.49. The molecule has 0 atom stereocenters. The van der Waals surface area contributed by atoms with Crippen LogP contribution in [-0.4, -0.2) is 13.1 Å². The number of nitrogens with zero attached hydrogens (tertiary/aromatic N) is 1. The average molecular weight is 294 g/mol. The topological polar surface area (TPSA) is 29.3 Å². The summed E-state index contributed by atoms with van der Waals surface area (Å²) in [5, 5.41) is 0. The summed E-state index contributed by atoms with van der Waals surface area (Å²) in [5.74, 6) is -1.54. The predicted molar refractivity (Wildman–Crippen MR) is 77.5 cm³/mol. The van der Waals surface area contributed by atoms with Crippen molar-refractivity contribution in [3.05, 3.63) is 65.5 Å². The zero-order chi connectivity index (χ0) is 15.2. The number of benzene rings is 2. The van der Waals surface area contributed by atoms with Crippen LogP contribution in [0.2, 0.25) is 0 Å². The minimum absolute atomic E-state index is 0.325. The Labute approximate surface area is 122 Å². The van der Waals surface area contributed by atoms with Crippen molar-refractivity contribution in [3.8, 4) is 0 Å². The van der Waals surface area contributed by atoms with Crippen LogP contribution in [0.5, 0.6) is 0 Å². The number of hydrogen-bond donors (Lipinski definition) is 1. The maximum Gasteiger partial charge on any atom is 0.126 e. The third-order valence-corrected chi connectivity index (χ3v) is 3.12. The van der Waals surface area contributed by atoms with Gasteiger partial charge < -0.3 is 10.6 Å². The van der Waals surface area contributed by atoms with E-state index < -0.39 is 11.6 Å². The third-order valence-electron chi connectivity index (χ3n) is 3.12. The van der Waals surface area contributed by atoms with Gasteiger partial charge in [-0.25, -0.2) is 13.2 Å². The molecule has 0 radical (unpaired) electrons. The Kier molecular flexibility index (Phi) is 5.22. The monoisotopic (exact) mass is 294 g/mol. The number of rotatable bonds is 6. The van der Waals surface area contributed by atoms with Crippen molar-refractivity contribution in [2.75, 3.05) is 18.0 Å². The first-order chi connectivity index (χ1) is 10.1. The second kappa shape index (κ2) is 7.13. The lowest BCUT2D eigenvalue weighted by molar-refractivity contribution is 0.578. The molecular weight excluding hydrogens is 277 g/mol. The van der Waals surface area contributed by atoms with Gasteiger partial charge in [0.15, 0.2) is 0 Å². The van der Waals surface area contributed by atoms with Crippen LogP contribution in [0.4, 0.5) is 18.9 Å². The van der Waals surface area contributed by atoms with Gasteiger partial charge in [-0.2, -0.15) is 0 Å². The summed E-state index contributed by atoms with van der Waals surface area (Å²) >= 11 is 0. The fourth-order valence-electron chi connectivity index (χ4n) is 2.16. The van der Waals surface area contributed by atoms with E-state index in [1.807, 2.05) is 4.90 Å². The standard InChI is InChI=1S/C16H17F3N2/c17-13-2-4-16(5-3-13)21(7-1-6-20)11-12-8-14(18)10-15(19)9-12/h2-5,8-10H,1,6-7,11,20H2. The molecule has 2 rings (SSSR count). The van der Waals surface area contributed by atoms with E-state index >= 15 is 0 Å². The van der Waals surface area contributed by atoms with Crippen molar-refractivity contribution in [1.29, 1.82) is 0 Å². The Balaban J connectivity index is 2.21. The van der Waals surface area contributed by atoms with Gasteiger partial charge in [0.1, 0.15) is 17.5 Å². The normalized spacial score (nSPS) is 10.7. The van der Waals surface area contributed by atoms with Gasteiger partial charge in [-0.05, 0) is 54.9 Å². The van der Waals surface area contributed by atoms with Crippen molar-refractivity contribution in [3.63, 3.8) is 0 Å². The average Bonchev–Trinajstić information content (AvgIpc) is 2.43. The van der Waals surface area contributed by atoms with Crippen molar-refractivity contribution < 1.29 is 13.2 Å². The van der Waals surface area contributed by atoms with Crippen LogP contribution in [0.25, 0.3) is 0 Å².